The lowest BCUT2D eigenvalue weighted by atomic mass is 10.1. The molecule has 0 aliphatic carbocycles. The molecule has 0 saturated heterocycles. The summed E-state index contributed by atoms with van der Waals surface area (Å²) in [6.45, 7) is 7.98. The minimum Gasteiger partial charge on any atom is -0.395 e. The second kappa shape index (κ2) is 8.57. The standard InChI is InChI=1S/C11H25NOS/c1-9(2)6-5-7-12-10(3)11(8-13)14-4/h9-13H,5-8H2,1-4H3. The normalized spacial score (nSPS) is 15.9. The van der Waals surface area contributed by atoms with E-state index in [0.29, 0.717) is 11.3 Å². The lowest BCUT2D eigenvalue weighted by Crippen LogP contribution is -2.38. The van der Waals surface area contributed by atoms with Crippen molar-refractivity contribution in [1.82, 2.24) is 5.32 Å². The van der Waals surface area contributed by atoms with E-state index in [1.807, 2.05) is 6.26 Å². The summed E-state index contributed by atoms with van der Waals surface area (Å²) in [5.74, 6) is 0.793. The zero-order chi connectivity index (χ0) is 11.0. The van der Waals surface area contributed by atoms with Crippen LogP contribution in [0.1, 0.15) is 33.6 Å². The first-order chi connectivity index (χ1) is 6.61. The van der Waals surface area contributed by atoms with Gasteiger partial charge in [-0.3, -0.25) is 0 Å². The number of aliphatic hydroxyl groups is 1. The Hall–Kier alpha value is 0.270. The van der Waals surface area contributed by atoms with Gasteiger partial charge in [0, 0.05) is 11.3 Å². The van der Waals surface area contributed by atoms with Gasteiger partial charge in [-0.05, 0) is 38.5 Å². The summed E-state index contributed by atoms with van der Waals surface area (Å²) in [5, 5.41) is 12.9. The van der Waals surface area contributed by atoms with Gasteiger partial charge in [-0.15, -0.1) is 0 Å². The molecule has 0 aliphatic heterocycles. The van der Waals surface area contributed by atoms with Crippen LogP contribution in [0.15, 0.2) is 0 Å². The molecule has 0 aromatic heterocycles. The largest absolute Gasteiger partial charge is 0.395 e. The Morgan fingerprint density at radius 3 is 2.36 bits per heavy atom. The SMILES string of the molecule is CSC(CO)C(C)NCCCC(C)C. The molecule has 3 heteroatoms. The topological polar surface area (TPSA) is 32.3 Å². The molecule has 2 nitrogen and oxygen atoms in total. The minimum absolute atomic E-state index is 0.263. The van der Waals surface area contributed by atoms with Crippen molar-refractivity contribution in [2.45, 2.75) is 44.9 Å². The Morgan fingerprint density at radius 2 is 1.93 bits per heavy atom. The Labute approximate surface area is 92.9 Å². The quantitative estimate of drug-likeness (QED) is 0.613. The van der Waals surface area contributed by atoms with Gasteiger partial charge in [0.2, 0.25) is 0 Å². The Kier molecular flexibility index (Phi) is 8.73. The Balaban J connectivity index is 3.47. The fourth-order valence-corrected chi connectivity index (χ4v) is 2.06. The van der Waals surface area contributed by atoms with Crippen LogP contribution in [0.4, 0.5) is 0 Å². The Bertz CT molecular complexity index is 126. The van der Waals surface area contributed by atoms with Crippen LogP contribution in [0.3, 0.4) is 0 Å². The van der Waals surface area contributed by atoms with E-state index >= 15 is 0 Å². The fourth-order valence-electron chi connectivity index (χ4n) is 1.41. The van der Waals surface area contributed by atoms with E-state index in [1.165, 1.54) is 12.8 Å². The molecule has 0 saturated carbocycles. The average Bonchev–Trinajstić information content (AvgIpc) is 2.14. The van der Waals surface area contributed by atoms with Crippen molar-refractivity contribution in [3.05, 3.63) is 0 Å². The maximum Gasteiger partial charge on any atom is 0.0564 e. The molecule has 0 aromatic carbocycles. The van der Waals surface area contributed by atoms with Crippen molar-refractivity contribution in [3.63, 3.8) is 0 Å². The molecule has 14 heavy (non-hydrogen) atoms. The number of thioether (sulfide) groups is 1. The highest BCUT2D eigenvalue weighted by molar-refractivity contribution is 7.99. The fraction of sp³-hybridized carbons (Fsp3) is 1.00. The van der Waals surface area contributed by atoms with Gasteiger partial charge in [0.25, 0.3) is 0 Å². The van der Waals surface area contributed by atoms with Gasteiger partial charge >= 0.3 is 0 Å². The van der Waals surface area contributed by atoms with Gasteiger partial charge in [-0.1, -0.05) is 13.8 Å². The number of rotatable bonds is 8. The molecule has 0 radical (unpaired) electrons. The first-order valence-corrected chi connectivity index (χ1v) is 6.77. The van der Waals surface area contributed by atoms with Gasteiger partial charge in [0.15, 0.2) is 0 Å². The maximum absolute atomic E-state index is 9.08. The molecule has 2 unspecified atom stereocenters. The lowest BCUT2D eigenvalue weighted by molar-refractivity contribution is 0.275. The molecule has 2 N–H and O–H groups in total. The zero-order valence-corrected chi connectivity index (χ0v) is 10.7. The second-order valence-electron chi connectivity index (χ2n) is 4.24. The van der Waals surface area contributed by atoms with Crippen molar-refractivity contribution in [2.24, 2.45) is 5.92 Å². The molecular formula is C11H25NOS. The van der Waals surface area contributed by atoms with E-state index < -0.39 is 0 Å². The third kappa shape index (κ3) is 6.68. The van der Waals surface area contributed by atoms with Crippen LogP contribution in [-0.2, 0) is 0 Å². The molecule has 0 spiro atoms. The summed E-state index contributed by atoms with van der Waals surface area (Å²) in [4.78, 5) is 0. The number of hydrogen-bond acceptors (Lipinski definition) is 3. The smallest absolute Gasteiger partial charge is 0.0564 e. The summed E-state index contributed by atoms with van der Waals surface area (Å²) < 4.78 is 0. The van der Waals surface area contributed by atoms with Gasteiger partial charge in [-0.2, -0.15) is 11.8 Å². The third-order valence-corrected chi connectivity index (χ3v) is 3.63. The third-order valence-electron chi connectivity index (χ3n) is 2.46. The van der Waals surface area contributed by atoms with Gasteiger partial charge < -0.3 is 10.4 Å². The van der Waals surface area contributed by atoms with Crippen molar-refractivity contribution in [3.8, 4) is 0 Å². The van der Waals surface area contributed by atoms with E-state index in [1.54, 1.807) is 11.8 Å². The summed E-state index contributed by atoms with van der Waals surface area (Å²) in [5.41, 5.74) is 0. The first-order valence-electron chi connectivity index (χ1n) is 5.48. The highest BCUT2D eigenvalue weighted by Crippen LogP contribution is 2.10. The molecule has 86 valence electrons. The van der Waals surface area contributed by atoms with Crippen LogP contribution >= 0.6 is 11.8 Å². The highest BCUT2D eigenvalue weighted by Gasteiger charge is 2.13. The highest BCUT2D eigenvalue weighted by atomic mass is 32.2. The maximum atomic E-state index is 9.08. The van der Waals surface area contributed by atoms with E-state index in [-0.39, 0.29) is 6.61 Å². The number of nitrogens with one attached hydrogen (secondary N) is 1. The zero-order valence-electron chi connectivity index (χ0n) is 9.92. The summed E-state index contributed by atoms with van der Waals surface area (Å²) in [6, 6.07) is 0.405. The van der Waals surface area contributed by atoms with E-state index in [9.17, 15) is 0 Å². The average molecular weight is 219 g/mol. The van der Waals surface area contributed by atoms with E-state index in [2.05, 4.69) is 26.1 Å². The molecule has 0 rings (SSSR count). The van der Waals surface area contributed by atoms with E-state index in [4.69, 9.17) is 5.11 Å². The minimum atomic E-state index is 0.263. The molecule has 2 atom stereocenters. The van der Waals surface area contributed by atoms with Crippen molar-refractivity contribution < 1.29 is 5.11 Å². The second-order valence-corrected chi connectivity index (χ2v) is 5.31. The van der Waals surface area contributed by atoms with Gasteiger partial charge in [-0.25, -0.2) is 0 Å². The van der Waals surface area contributed by atoms with Crippen molar-refractivity contribution >= 4 is 11.8 Å². The molecule has 0 amide bonds. The van der Waals surface area contributed by atoms with Crippen LogP contribution < -0.4 is 5.32 Å². The molecule has 0 fully saturated rings. The summed E-state index contributed by atoms with van der Waals surface area (Å²) in [6.07, 6.45) is 4.56. The monoisotopic (exact) mass is 219 g/mol. The van der Waals surface area contributed by atoms with Crippen LogP contribution in [0.25, 0.3) is 0 Å². The van der Waals surface area contributed by atoms with Crippen LogP contribution in [0.5, 0.6) is 0 Å². The molecule has 0 heterocycles. The van der Waals surface area contributed by atoms with Crippen molar-refractivity contribution in [1.29, 1.82) is 0 Å². The van der Waals surface area contributed by atoms with Gasteiger partial charge in [0.05, 0.1) is 6.61 Å². The van der Waals surface area contributed by atoms with Crippen LogP contribution in [0, 0.1) is 5.92 Å². The van der Waals surface area contributed by atoms with Crippen molar-refractivity contribution in [2.75, 3.05) is 19.4 Å². The molecular weight excluding hydrogens is 194 g/mol. The first kappa shape index (κ1) is 14.3. The summed E-state index contributed by atoms with van der Waals surface area (Å²) >= 11 is 1.73. The number of aliphatic hydroxyl groups excluding tert-OH is 1. The lowest BCUT2D eigenvalue weighted by Gasteiger charge is -2.21. The van der Waals surface area contributed by atoms with Gasteiger partial charge in [0.1, 0.15) is 0 Å². The Morgan fingerprint density at radius 1 is 1.29 bits per heavy atom. The predicted octanol–water partition coefficient (Wildman–Crippen LogP) is 2.12. The molecule has 0 bridgehead atoms. The molecule has 0 aromatic rings. The number of hydrogen-bond donors (Lipinski definition) is 2. The van der Waals surface area contributed by atoms with Crippen LogP contribution in [0.2, 0.25) is 0 Å². The van der Waals surface area contributed by atoms with Crippen LogP contribution in [-0.4, -0.2) is 35.8 Å². The molecule has 0 aliphatic rings. The summed E-state index contributed by atoms with van der Waals surface area (Å²) in [7, 11) is 0. The predicted molar refractivity (Wildman–Crippen MR) is 65.9 cm³/mol. The van der Waals surface area contributed by atoms with E-state index in [0.717, 1.165) is 12.5 Å².